The van der Waals surface area contributed by atoms with Crippen molar-refractivity contribution < 1.29 is 4.79 Å². The number of nitrogens with zero attached hydrogens (tertiary/aromatic N) is 2. The first kappa shape index (κ1) is 20.3. The van der Waals surface area contributed by atoms with E-state index in [9.17, 15) is 4.79 Å². The minimum atomic E-state index is -0.220. The van der Waals surface area contributed by atoms with Crippen LogP contribution in [0.3, 0.4) is 0 Å². The molecular weight excluding hydrogens is 397 g/mol. The maximum atomic E-state index is 12.0. The highest BCUT2D eigenvalue weighted by molar-refractivity contribution is 6.39. The van der Waals surface area contributed by atoms with Crippen molar-refractivity contribution in [3.63, 3.8) is 0 Å². The van der Waals surface area contributed by atoms with E-state index in [1.165, 1.54) is 0 Å². The lowest BCUT2D eigenvalue weighted by Crippen LogP contribution is -2.40. The molecule has 6 nitrogen and oxygen atoms in total. The van der Waals surface area contributed by atoms with Gasteiger partial charge in [-0.1, -0.05) is 47.0 Å². The van der Waals surface area contributed by atoms with Crippen molar-refractivity contribution in [2.24, 2.45) is 4.99 Å². The molecule has 1 aliphatic heterocycles. The highest BCUT2D eigenvalue weighted by atomic mass is 35.5. The number of hydrogen-bond acceptors (Lipinski definition) is 4. The third kappa shape index (κ3) is 5.53. The molecule has 0 saturated carbocycles. The van der Waals surface area contributed by atoms with Crippen LogP contribution >= 0.6 is 23.2 Å². The van der Waals surface area contributed by atoms with Crippen LogP contribution in [0.1, 0.15) is 5.56 Å². The van der Waals surface area contributed by atoms with E-state index in [0.717, 1.165) is 30.2 Å². The molecule has 1 aliphatic rings. The number of amides is 2. The van der Waals surface area contributed by atoms with Gasteiger partial charge < -0.3 is 20.9 Å². The summed E-state index contributed by atoms with van der Waals surface area (Å²) < 4.78 is 0. The lowest BCUT2D eigenvalue weighted by atomic mass is 10.2. The number of amidine groups is 1. The molecule has 0 radical (unpaired) electrons. The molecule has 28 heavy (non-hydrogen) atoms. The highest BCUT2D eigenvalue weighted by Crippen LogP contribution is 2.29. The molecule has 0 aromatic heterocycles. The van der Waals surface area contributed by atoms with Crippen molar-refractivity contribution in [1.29, 1.82) is 0 Å². The molecule has 0 saturated heterocycles. The third-order valence-corrected chi connectivity index (χ3v) is 5.02. The van der Waals surface area contributed by atoms with Crippen LogP contribution < -0.4 is 16.0 Å². The molecule has 0 aliphatic carbocycles. The fourth-order valence-corrected chi connectivity index (χ4v) is 3.42. The van der Waals surface area contributed by atoms with Gasteiger partial charge in [0.1, 0.15) is 5.84 Å². The zero-order valence-corrected chi connectivity index (χ0v) is 17.1. The lowest BCUT2D eigenvalue weighted by molar-refractivity contribution is 0.251. The average molecular weight is 420 g/mol. The Bertz CT molecular complexity index is 834. The lowest BCUT2D eigenvalue weighted by Gasteiger charge is -2.21. The van der Waals surface area contributed by atoms with Gasteiger partial charge in [0.15, 0.2) is 0 Å². The van der Waals surface area contributed by atoms with E-state index in [2.05, 4.69) is 25.8 Å². The number of anilines is 2. The van der Waals surface area contributed by atoms with Crippen molar-refractivity contribution in [2.75, 3.05) is 43.4 Å². The van der Waals surface area contributed by atoms with Crippen LogP contribution in [0.2, 0.25) is 10.0 Å². The maximum absolute atomic E-state index is 12.0. The van der Waals surface area contributed by atoms with E-state index < -0.39 is 0 Å². The maximum Gasteiger partial charge on any atom is 0.319 e. The number of aryl methyl sites for hydroxylation is 1. The summed E-state index contributed by atoms with van der Waals surface area (Å²) in [5.74, 6) is 0.928. The Hall–Kier alpha value is -2.44. The minimum absolute atomic E-state index is 0.220. The topological polar surface area (TPSA) is 68.8 Å². The van der Waals surface area contributed by atoms with Crippen LogP contribution in [-0.2, 0) is 0 Å². The predicted molar refractivity (Wildman–Crippen MR) is 117 cm³/mol. The summed E-state index contributed by atoms with van der Waals surface area (Å²) in [5, 5.41) is 10.1. The monoisotopic (exact) mass is 419 g/mol. The van der Waals surface area contributed by atoms with Crippen molar-refractivity contribution >= 4 is 46.4 Å². The molecule has 2 amide bonds. The number of nitrogens with one attached hydrogen (secondary N) is 3. The van der Waals surface area contributed by atoms with E-state index >= 15 is 0 Å². The van der Waals surface area contributed by atoms with Gasteiger partial charge in [-0.15, -0.1) is 0 Å². The molecule has 3 N–H and O–H groups in total. The first-order valence-electron chi connectivity index (χ1n) is 9.10. The van der Waals surface area contributed by atoms with Gasteiger partial charge in [0.05, 0.1) is 28.8 Å². The van der Waals surface area contributed by atoms with Crippen LogP contribution in [0.4, 0.5) is 16.2 Å². The first-order chi connectivity index (χ1) is 13.5. The second-order valence-corrected chi connectivity index (χ2v) is 7.30. The quantitative estimate of drug-likeness (QED) is 0.628. The average Bonchev–Trinajstić information content (AvgIpc) is 3.11. The Labute approximate surface area is 174 Å². The van der Waals surface area contributed by atoms with E-state index in [1.807, 2.05) is 37.3 Å². The summed E-state index contributed by atoms with van der Waals surface area (Å²) in [6.45, 7) is 5.30. The zero-order chi connectivity index (χ0) is 19.9. The molecule has 8 heteroatoms. The van der Waals surface area contributed by atoms with Crippen molar-refractivity contribution in [2.45, 2.75) is 6.92 Å². The number of hydrogen-bond donors (Lipinski definition) is 3. The summed E-state index contributed by atoms with van der Waals surface area (Å²) >= 11 is 12.4. The van der Waals surface area contributed by atoms with E-state index in [4.69, 9.17) is 23.2 Å². The second kappa shape index (κ2) is 9.66. The molecule has 0 spiro atoms. The highest BCUT2D eigenvalue weighted by Gasteiger charge is 2.17. The molecule has 0 bridgehead atoms. The number of urea groups is 1. The number of rotatable bonds is 7. The van der Waals surface area contributed by atoms with Crippen LogP contribution in [0.25, 0.3) is 0 Å². The Morgan fingerprint density at radius 1 is 1.14 bits per heavy atom. The van der Waals surface area contributed by atoms with Gasteiger partial charge in [-0.2, -0.15) is 0 Å². The van der Waals surface area contributed by atoms with E-state index in [1.54, 1.807) is 12.1 Å². The van der Waals surface area contributed by atoms with Gasteiger partial charge in [-0.3, -0.25) is 4.99 Å². The summed E-state index contributed by atoms with van der Waals surface area (Å²) in [6.07, 6.45) is 0. The summed E-state index contributed by atoms with van der Waals surface area (Å²) in [5.41, 5.74) is 2.63. The Morgan fingerprint density at radius 2 is 1.86 bits per heavy atom. The number of carbonyl (C=O) groups is 1. The fraction of sp³-hybridized carbons (Fsp3) is 0.300. The molecular formula is C20H23Cl2N5O. The number of carbonyl (C=O) groups excluding carboxylic acids is 1. The SMILES string of the molecule is Cc1ccc(NC(=O)NCCN2CCN=C2CNc2c(Cl)cccc2Cl)cc1. The fourth-order valence-electron chi connectivity index (χ4n) is 2.89. The van der Waals surface area contributed by atoms with Gasteiger partial charge in [-0.05, 0) is 31.2 Å². The van der Waals surface area contributed by atoms with Gasteiger partial charge in [0, 0.05) is 25.3 Å². The molecule has 2 aromatic carbocycles. The Balaban J connectivity index is 1.43. The number of aliphatic imine (C=N–C) groups is 1. The van der Waals surface area contributed by atoms with Gasteiger partial charge in [0.25, 0.3) is 0 Å². The predicted octanol–water partition coefficient (Wildman–Crippen LogP) is 4.25. The van der Waals surface area contributed by atoms with Crippen LogP contribution in [0, 0.1) is 6.92 Å². The van der Waals surface area contributed by atoms with E-state index in [0.29, 0.717) is 35.4 Å². The Kier molecular flexibility index (Phi) is 7.01. The summed E-state index contributed by atoms with van der Waals surface area (Å²) in [4.78, 5) is 18.7. The van der Waals surface area contributed by atoms with Crippen molar-refractivity contribution in [3.05, 3.63) is 58.1 Å². The standard InChI is InChI=1S/C20H23Cl2N5O/c1-14-5-7-15(8-6-14)26-20(28)24-10-12-27-11-9-23-18(27)13-25-19-16(21)3-2-4-17(19)22/h2-8,25H,9-13H2,1H3,(H2,24,26,28). The van der Waals surface area contributed by atoms with Crippen LogP contribution in [-0.4, -0.2) is 49.5 Å². The van der Waals surface area contributed by atoms with Crippen molar-refractivity contribution in [3.8, 4) is 0 Å². The van der Waals surface area contributed by atoms with Crippen LogP contribution in [0.5, 0.6) is 0 Å². The smallest absolute Gasteiger partial charge is 0.319 e. The summed E-state index contributed by atoms with van der Waals surface area (Å²) in [6, 6.07) is 12.9. The molecule has 2 aromatic rings. The van der Waals surface area contributed by atoms with Gasteiger partial charge in [0.2, 0.25) is 0 Å². The molecule has 0 atom stereocenters. The number of para-hydroxylation sites is 1. The molecule has 148 valence electrons. The molecule has 1 heterocycles. The second-order valence-electron chi connectivity index (χ2n) is 6.48. The van der Waals surface area contributed by atoms with Crippen molar-refractivity contribution in [1.82, 2.24) is 10.2 Å². The molecule has 0 fully saturated rings. The third-order valence-electron chi connectivity index (χ3n) is 4.39. The summed E-state index contributed by atoms with van der Waals surface area (Å²) in [7, 11) is 0. The Morgan fingerprint density at radius 3 is 2.57 bits per heavy atom. The molecule has 0 unspecified atom stereocenters. The van der Waals surface area contributed by atoms with Gasteiger partial charge >= 0.3 is 6.03 Å². The first-order valence-corrected chi connectivity index (χ1v) is 9.86. The largest absolute Gasteiger partial charge is 0.375 e. The number of benzene rings is 2. The van der Waals surface area contributed by atoms with Crippen LogP contribution in [0.15, 0.2) is 47.5 Å². The normalized spacial score (nSPS) is 13.2. The zero-order valence-electron chi connectivity index (χ0n) is 15.6. The molecule has 3 rings (SSSR count). The van der Waals surface area contributed by atoms with E-state index in [-0.39, 0.29) is 6.03 Å². The van der Waals surface area contributed by atoms with Gasteiger partial charge in [-0.25, -0.2) is 4.79 Å². The minimum Gasteiger partial charge on any atom is -0.375 e. The number of halogens is 2.